The summed E-state index contributed by atoms with van der Waals surface area (Å²) in [6.45, 7) is 5.49. The van der Waals surface area contributed by atoms with Gasteiger partial charge in [-0.15, -0.1) is 0 Å². The fraction of sp³-hybridized carbons (Fsp3) is 0.163. The zero-order valence-corrected chi connectivity index (χ0v) is 27.2. The van der Waals surface area contributed by atoms with Crippen LogP contribution in [0.15, 0.2) is 152 Å². The molecule has 2 aliphatic rings. The van der Waals surface area contributed by atoms with Crippen LogP contribution >= 0.6 is 0 Å². The highest BCUT2D eigenvalue weighted by Gasteiger charge is 2.50. The van der Waals surface area contributed by atoms with Gasteiger partial charge in [0.15, 0.2) is 0 Å². The molecule has 1 fully saturated rings. The van der Waals surface area contributed by atoms with Gasteiger partial charge in [-0.2, -0.15) is 5.01 Å². The number of benzene rings is 6. The molecule has 1 heterocycles. The Morgan fingerprint density at radius 3 is 2.09 bits per heavy atom. The molecule has 8 rings (SSSR count). The van der Waals surface area contributed by atoms with Gasteiger partial charge in [-0.3, -0.25) is 5.32 Å². The Labute approximate surface area is 278 Å². The minimum absolute atomic E-state index is 0.0722. The van der Waals surface area contributed by atoms with Crippen molar-refractivity contribution < 1.29 is 0 Å². The molecule has 1 saturated heterocycles. The molecule has 4 heteroatoms. The summed E-state index contributed by atoms with van der Waals surface area (Å²) in [4.78, 5) is 0. The van der Waals surface area contributed by atoms with Crippen LogP contribution in [0.3, 0.4) is 0 Å². The number of hydrazine groups is 1. The average Bonchev–Trinajstić information content (AvgIpc) is 3.75. The molecule has 4 nitrogen and oxygen atoms in total. The molecule has 0 radical (unpaired) electrons. The second-order valence-electron chi connectivity index (χ2n) is 13.1. The van der Waals surface area contributed by atoms with Crippen LogP contribution in [0.2, 0.25) is 0 Å². The van der Waals surface area contributed by atoms with Crippen LogP contribution in [0.4, 0.5) is 11.4 Å². The molecular weight excluding hydrogens is 573 g/mol. The summed E-state index contributed by atoms with van der Waals surface area (Å²) >= 11 is 0. The molecule has 4 atom stereocenters. The molecule has 6 aromatic carbocycles. The van der Waals surface area contributed by atoms with E-state index in [1.165, 1.54) is 55.8 Å². The lowest BCUT2D eigenvalue weighted by molar-refractivity contribution is 0.209. The molecule has 1 aliphatic carbocycles. The maximum atomic E-state index is 3.95. The lowest BCUT2D eigenvalue weighted by atomic mass is 9.82. The van der Waals surface area contributed by atoms with E-state index in [1.807, 2.05) is 7.05 Å². The van der Waals surface area contributed by atoms with Crippen molar-refractivity contribution >= 4 is 11.4 Å². The fourth-order valence-electron chi connectivity index (χ4n) is 7.58. The normalized spacial score (nSPS) is 19.4. The molecule has 0 saturated carbocycles. The van der Waals surface area contributed by atoms with E-state index in [4.69, 9.17) is 0 Å². The lowest BCUT2D eigenvalue weighted by Crippen LogP contribution is -2.26. The molecule has 1 aliphatic heterocycles. The Balaban J connectivity index is 1.16. The van der Waals surface area contributed by atoms with Crippen molar-refractivity contribution in [3.8, 4) is 22.3 Å². The van der Waals surface area contributed by atoms with E-state index in [0.29, 0.717) is 0 Å². The Hall–Kier alpha value is -5.00. The zero-order valence-electron chi connectivity index (χ0n) is 27.2. The molecule has 0 bridgehead atoms. The smallest absolute Gasteiger partial charge is 0.117 e. The van der Waals surface area contributed by atoms with Gasteiger partial charge >= 0.3 is 0 Å². The summed E-state index contributed by atoms with van der Waals surface area (Å²) in [5.41, 5.74) is 13.8. The van der Waals surface area contributed by atoms with Gasteiger partial charge in [-0.05, 0) is 58.1 Å². The first-order chi connectivity index (χ1) is 23.0. The first-order valence-electron chi connectivity index (χ1n) is 16.6. The topological polar surface area (TPSA) is 30.1 Å². The van der Waals surface area contributed by atoms with Crippen molar-refractivity contribution in [3.63, 3.8) is 0 Å². The Morgan fingerprint density at radius 1 is 0.660 bits per heavy atom. The number of rotatable bonds is 9. The standard InChI is InChI=1S/C43H40N4/c1-43(2)37-25-14-13-24-36(37)39-38(43)27-26-35(31-17-7-4-8-18-31)40(39)45-34-23-15-16-30(28-34)29-46-42(33-21-11-6-12-22-33)47(46)41(44-3)32-19-9-5-10-20-32/h4-28,41-42,44-45H,29H2,1-3H3/t41?,42?,46-,47?/m1/s1. The minimum Gasteiger partial charge on any atom is -0.354 e. The van der Waals surface area contributed by atoms with Crippen LogP contribution in [0.1, 0.15) is 54.0 Å². The fourth-order valence-corrected chi connectivity index (χ4v) is 7.58. The van der Waals surface area contributed by atoms with Gasteiger partial charge in [-0.1, -0.05) is 153 Å². The van der Waals surface area contributed by atoms with Gasteiger partial charge in [0.25, 0.3) is 0 Å². The van der Waals surface area contributed by atoms with E-state index < -0.39 is 0 Å². The molecule has 3 unspecified atom stereocenters. The van der Waals surface area contributed by atoms with Crippen molar-refractivity contribution in [2.45, 2.75) is 38.1 Å². The van der Waals surface area contributed by atoms with E-state index >= 15 is 0 Å². The van der Waals surface area contributed by atoms with Gasteiger partial charge in [0.05, 0.1) is 5.69 Å². The Bertz CT molecular complexity index is 2020. The Kier molecular flexibility index (Phi) is 7.49. The van der Waals surface area contributed by atoms with Crippen molar-refractivity contribution in [3.05, 3.63) is 179 Å². The van der Waals surface area contributed by atoms with Gasteiger partial charge in [0, 0.05) is 28.8 Å². The molecule has 0 spiro atoms. The summed E-state index contributed by atoms with van der Waals surface area (Å²) in [6, 6.07) is 54.7. The summed E-state index contributed by atoms with van der Waals surface area (Å²) in [5, 5.41) is 12.5. The highest BCUT2D eigenvalue weighted by atomic mass is 15.9. The SMILES string of the molecule is CNC(c1ccccc1)N1C(c2ccccc2)[N@@]1Cc1cccc(Nc2c(-c3ccccc3)ccc3c2-c2ccccc2C3(C)C)c1. The number of nitrogens with zero attached hydrogens (tertiary/aromatic N) is 2. The highest BCUT2D eigenvalue weighted by molar-refractivity contribution is 5.98. The third-order valence-electron chi connectivity index (χ3n) is 9.90. The van der Waals surface area contributed by atoms with E-state index in [-0.39, 0.29) is 17.7 Å². The molecule has 0 aromatic heterocycles. The summed E-state index contributed by atoms with van der Waals surface area (Å²) in [5.74, 6) is 0. The maximum absolute atomic E-state index is 3.95. The summed E-state index contributed by atoms with van der Waals surface area (Å²) < 4.78 is 0. The van der Waals surface area contributed by atoms with Crippen LogP contribution in [0, 0.1) is 0 Å². The van der Waals surface area contributed by atoms with Gasteiger partial charge in [0.2, 0.25) is 0 Å². The second-order valence-corrected chi connectivity index (χ2v) is 13.1. The van der Waals surface area contributed by atoms with Crippen LogP contribution in [0.5, 0.6) is 0 Å². The third-order valence-corrected chi connectivity index (χ3v) is 9.90. The predicted octanol–water partition coefficient (Wildman–Crippen LogP) is 10.1. The van der Waals surface area contributed by atoms with Crippen molar-refractivity contribution in [1.29, 1.82) is 0 Å². The first kappa shape index (κ1) is 29.4. The Morgan fingerprint density at radius 2 is 1.34 bits per heavy atom. The van der Waals surface area contributed by atoms with Gasteiger partial charge < -0.3 is 5.32 Å². The number of hydrogen-bond donors (Lipinski definition) is 2. The second kappa shape index (κ2) is 12.0. The molecule has 47 heavy (non-hydrogen) atoms. The average molecular weight is 613 g/mol. The number of hydrogen-bond acceptors (Lipinski definition) is 4. The third kappa shape index (κ3) is 5.25. The van der Waals surface area contributed by atoms with E-state index in [2.05, 4.69) is 186 Å². The largest absolute Gasteiger partial charge is 0.354 e. The quantitative estimate of drug-likeness (QED) is 0.159. The maximum Gasteiger partial charge on any atom is 0.117 e. The van der Waals surface area contributed by atoms with Crippen LogP contribution in [-0.2, 0) is 12.0 Å². The summed E-state index contributed by atoms with van der Waals surface area (Å²) in [6.07, 6.45) is 0.262. The molecule has 6 aromatic rings. The van der Waals surface area contributed by atoms with Crippen LogP contribution in [0.25, 0.3) is 22.3 Å². The minimum atomic E-state index is -0.0722. The van der Waals surface area contributed by atoms with Gasteiger partial charge in [0.1, 0.15) is 12.3 Å². The van der Waals surface area contributed by atoms with Gasteiger partial charge in [-0.25, -0.2) is 5.01 Å². The van der Waals surface area contributed by atoms with Crippen LogP contribution < -0.4 is 10.6 Å². The van der Waals surface area contributed by atoms with E-state index in [1.54, 1.807) is 0 Å². The van der Waals surface area contributed by atoms with Crippen molar-refractivity contribution in [1.82, 2.24) is 15.3 Å². The summed E-state index contributed by atoms with van der Waals surface area (Å²) in [7, 11) is 2.04. The predicted molar refractivity (Wildman–Crippen MR) is 194 cm³/mol. The molecule has 2 N–H and O–H groups in total. The number of fused-ring (bicyclic) bond motifs is 3. The van der Waals surface area contributed by atoms with E-state index in [0.717, 1.165) is 12.2 Å². The number of anilines is 2. The monoisotopic (exact) mass is 612 g/mol. The molecule has 232 valence electrons. The van der Waals surface area contributed by atoms with Crippen molar-refractivity contribution in [2.24, 2.45) is 0 Å². The van der Waals surface area contributed by atoms with Crippen LogP contribution in [-0.4, -0.2) is 17.1 Å². The first-order valence-corrected chi connectivity index (χ1v) is 16.6. The zero-order chi connectivity index (χ0) is 32.0. The van der Waals surface area contributed by atoms with E-state index in [9.17, 15) is 0 Å². The highest BCUT2D eigenvalue weighted by Crippen LogP contribution is 2.54. The molecule has 0 amide bonds. The number of nitrogens with one attached hydrogen (secondary N) is 2. The molecular formula is C43H40N4. The lowest BCUT2D eigenvalue weighted by Gasteiger charge is -2.23. The van der Waals surface area contributed by atoms with Crippen molar-refractivity contribution in [2.75, 3.05) is 12.4 Å².